The largest absolute Gasteiger partial charge is 0.453 e. The van der Waals surface area contributed by atoms with Crippen LogP contribution in [0.5, 0.6) is 0 Å². The number of fused-ring (bicyclic) bond motifs is 1. The lowest BCUT2D eigenvalue weighted by atomic mass is 9.98. The second-order valence-electron chi connectivity index (χ2n) is 6.78. The predicted octanol–water partition coefficient (Wildman–Crippen LogP) is 1.44. The molecule has 1 aromatic carbocycles. The minimum atomic E-state index is -0.340. The van der Waals surface area contributed by atoms with Gasteiger partial charge in [-0.3, -0.25) is 9.59 Å². The van der Waals surface area contributed by atoms with Crippen LogP contribution in [0.25, 0.3) is 0 Å². The fourth-order valence-corrected chi connectivity index (χ4v) is 3.58. The normalized spacial score (nSPS) is 17.6. The van der Waals surface area contributed by atoms with Crippen molar-refractivity contribution in [1.29, 1.82) is 0 Å². The Balaban J connectivity index is 1.63. The monoisotopic (exact) mass is 359 g/mol. The van der Waals surface area contributed by atoms with Gasteiger partial charge in [-0.2, -0.15) is 0 Å². The van der Waals surface area contributed by atoms with Crippen LogP contribution in [-0.4, -0.2) is 68.0 Å². The molecule has 0 unspecified atom stereocenters. The molecule has 0 atom stereocenters. The van der Waals surface area contributed by atoms with Crippen LogP contribution in [0.2, 0.25) is 0 Å². The van der Waals surface area contributed by atoms with Crippen LogP contribution < -0.4 is 4.90 Å². The maximum Gasteiger partial charge on any atom is 0.409 e. The average molecular weight is 359 g/mol. The Labute approximate surface area is 153 Å². The molecule has 7 nitrogen and oxygen atoms in total. The lowest BCUT2D eigenvalue weighted by Gasteiger charge is -2.26. The van der Waals surface area contributed by atoms with Crippen LogP contribution >= 0.6 is 0 Å². The first kappa shape index (κ1) is 18.2. The van der Waals surface area contributed by atoms with E-state index in [4.69, 9.17) is 4.74 Å². The molecule has 0 spiro atoms. The van der Waals surface area contributed by atoms with Gasteiger partial charge in [-0.25, -0.2) is 4.79 Å². The first-order valence-electron chi connectivity index (χ1n) is 8.98. The van der Waals surface area contributed by atoms with E-state index in [2.05, 4.69) is 0 Å². The number of ether oxygens (including phenoxy) is 1. The second-order valence-corrected chi connectivity index (χ2v) is 6.78. The third-order valence-corrected chi connectivity index (χ3v) is 5.12. The fourth-order valence-electron chi connectivity index (χ4n) is 3.58. The third-order valence-electron chi connectivity index (χ3n) is 5.12. The number of carbonyl (C=O) groups is 3. The van der Waals surface area contributed by atoms with Crippen molar-refractivity contribution in [3.63, 3.8) is 0 Å². The summed E-state index contributed by atoms with van der Waals surface area (Å²) in [6.45, 7) is 2.27. The highest BCUT2D eigenvalue weighted by Crippen LogP contribution is 2.27. The number of aryl methyl sites for hydroxylation is 1. The van der Waals surface area contributed by atoms with Gasteiger partial charge in [0, 0.05) is 45.3 Å². The van der Waals surface area contributed by atoms with Crippen molar-refractivity contribution in [2.24, 2.45) is 0 Å². The van der Waals surface area contributed by atoms with E-state index in [-0.39, 0.29) is 17.9 Å². The van der Waals surface area contributed by atoms with E-state index in [9.17, 15) is 14.4 Å². The van der Waals surface area contributed by atoms with Gasteiger partial charge in [0.1, 0.15) is 0 Å². The van der Waals surface area contributed by atoms with Crippen molar-refractivity contribution in [3.05, 3.63) is 29.3 Å². The quantitative estimate of drug-likeness (QED) is 0.801. The van der Waals surface area contributed by atoms with Crippen molar-refractivity contribution >= 4 is 23.6 Å². The molecule has 3 rings (SSSR count). The van der Waals surface area contributed by atoms with E-state index in [1.807, 2.05) is 23.1 Å². The van der Waals surface area contributed by atoms with Crippen molar-refractivity contribution in [1.82, 2.24) is 9.80 Å². The molecule has 26 heavy (non-hydrogen) atoms. The summed E-state index contributed by atoms with van der Waals surface area (Å²) < 4.78 is 4.76. The Kier molecular flexibility index (Phi) is 5.44. The lowest BCUT2D eigenvalue weighted by molar-refractivity contribution is -0.130. The molecular formula is C19H25N3O4. The molecule has 1 fully saturated rings. The molecule has 0 radical (unpaired) electrons. The topological polar surface area (TPSA) is 70.2 Å². The minimum Gasteiger partial charge on any atom is -0.453 e. The van der Waals surface area contributed by atoms with Crippen molar-refractivity contribution in [2.45, 2.75) is 25.7 Å². The van der Waals surface area contributed by atoms with Gasteiger partial charge in [0.25, 0.3) is 0 Å². The highest BCUT2D eigenvalue weighted by Gasteiger charge is 2.24. The van der Waals surface area contributed by atoms with Gasteiger partial charge in [-0.15, -0.1) is 0 Å². The van der Waals surface area contributed by atoms with E-state index in [0.717, 1.165) is 29.7 Å². The Morgan fingerprint density at radius 2 is 1.81 bits per heavy atom. The number of rotatable bonds is 2. The van der Waals surface area contributed by atoms with Gasteiger partial charge < -0.3 is 19.4 Å². The summed E-state index contributed by atoms with van der Waals surface area (Å²) in [4.78, 5) is 41.2. The SMILES string of the molecule is COC(=O)N1CCCN(C(=O)Cc2ccc3c(c2)CCC(=O)N3C)CC1. The number of hydrogen-bond acceptors (Lipinski definition) is 4. The Morgan fingerprint density at radius 3 is 2.58 bits per heavy atom. The first-order valence-corrected chi connectivity index (χ1v) is 8.98. The predicted molar refractivity (Wildman–Crippen MR) is 97.1 cm³/mol. The van der Waals surface area contributed by atoms with Crippen LogP contribution in [0.15, 0.2) is 18.2 Å². The molecule has 0 aromatic heterocycles. The second kappa shape index (κ2) is 7.76. The van der Waals surface area contributed by atoms with Crippen molar-refractivity contribution in [2.75, 3.05) is 45.2 Å². The molecule has 2 heterocycles. The summed E-state index contributed by atoms with van der Waals surface area (Å²) in [6.07, 6.45) is 1.98. The molecular weight excluding hydrogens is 334 g/mol. The minimum absolute atomic E-state index is 0.0666. The third kappa shape index (κ3) is 3.81. The molecule has 2 aliphatic heterocycles. The molecule has 1 saturated heterocycles. The first-order chi connectivity index (χ1) is 12.5. The number of hydrogen-bond donors (Lipinski definition) is 0. The summed E-state index contributed by atoms with van der Waals surface area (Å²) >= 11 is 0. The zero-order valence-electron chi connectivity index (χ0n) is 15.4. The van der Waals surface area contributed by atoms with E-state index < -0.39 is 0 Å². The van der Waals surface area contributed by atoms with Gasteiger partial charge in [-0.05, 0) is 30.0 Å². The van der Waals surface area contributed by atoms with E-state index >= 15 is 0 Å². The van der Waals surface area contributed by atoms with Gasteiger partial charge >= 0.3 is 6.09 Å². The number of methoxy groups -OCH3 is 1. The zero-order chi connectivity index (χ0) is 18.7. The Bertz CT molecular complexity index is 719. The maximum atomic E-state index is 12.7. The lowest BCUT2D eigenvalue weighted by Crippen LogP contribution is -2.38. The number of carbonyl (C=O) groups excluding carboxylic acids is 3. The molecule has 2 aliphatic rings. The summed E-state index contributed by atoms with van der Waals surface area (Å²) in [5, 5.41) is 0. The van der Waals surface area contributed by atoms with Crippen LogP contribution in [0.3, 0.4) is 0 Å². The highest BCUT2D eigenvalue weighted by molar-refractivity contribution is 5.96. The average Bonchev–Trinajstić information content (AvgIpc) is 2.90. The molecule has 3 amide bonds. The van der Waals surface area contributed by atoms with Crippen molar-refractivity contribution < 1.29 is 19.1 Å². The van der Waals surface area contributed by atoms with Crippen molar-refractivity contribution in [3.8, 4) is 0 Å². The molecule has 0 aliphatic carbocycles. The molecule has 7 heteroatoms. The van der Waals surface area contributed by atoms with Gasteiger partial charge in [0.05, 0.1) is 13.5 Å². The maximum absolute atomic E-state index is 12.7. The van der Waals surface area contributed by atoms with E-state index in [0.29, 0.717) is 39.0 Å². The summed E-state index contributed by atoms with van der Waals surface area (Å²) in [6, 6.07) is 5.88. The van der Waals surface area contributed by atoms with Crippen LogP contribution in [0, 0.1) is 0 Å². The smallest absolute Gasteiger partial charge is 0.409 e. The molecule has 140 valence electrons. The highest BCUT2D eigenvalue weighted by atomic mass is 16.5. The van der Waals surface area contributed by atoms with Crippen LogP contribution in [-0.2, 0) is 27.2 Å². The molecule has 0 saturated carbocycles. The molecule has 0 bridgehead atoms. The molecule has 0 N–H and O–H groups in total. The van der Waals surface area contributed by atoms with Gasteiger partial charge in [0.2, 0.25) is 11.8 Å². The molecule has 1 aromatic rings. The van der Waals surface area contributed by atoms with E-state index in [1.54, 1.807) is 16.8 Å². The summed E-state index contributed by atoms with van der Waals surface area (Å²) in [5.41, 5.74) is 3.01. The number of benzene rings is 1. The summed E-state index contributed by atoms with van der Waals surface area (Å²) in [7, 11) is 3.16. The van der Waals surface area contributed by atoms with Crippen LogP contribution in [0.4, 0.5) is 10.5 Å². The van der Waals surface area contributed by atoms with Gasteiger partial charge in [-0.1, -0.05) is 12.1 Å². The number of amides is 3. The zero-order valence-corrected chi connectivity index (χ0v) is 15.4. The van der Waals surface area contributed by atoms with Crippen LogP contribution in [0.1, 0.15) is 24.0 Å². The van der Waals surface area contributed by atoms with Gasteiger partial charge in [0.15, 0.2) is 0 Å². The number of anilines is 1. The standard InChI is InChI=1S/C19H25N3O4/c1-20-16-6-4-14(12-15(16)5-7-17(20)23)13-18(24)21-8-3-9-22(11-10-21)19(25)26-2/h4,6,12H,3,5,7-11,13H2,1-2H3. The Morgan fingerprint density at radius 1 is 1.08 bits per heavy atom. The fraction of sp³-hybridized carbons (Fsp3) is 0.526. The number of nitrogens with zero attached hydrogens (tertiary/aromatic N) is 3. The Hall–Kier alpha value is -2.57. The van der Waals surface area contributed by atoms with E-state index in [1.165, 1.54) is 7.11 Å². The summed E-state index contributed by atoms with van der Waals surface area (Å²) in [5.74, 6) is 0.193.